The molecule has 0 spiro atoms. The van der Waals surface area contributed by atoms with Crippen molar-refractivity contribution >= 4 is 41.5 Å². The summed E-state index contributed by atoms with van der Waals surface area (Å²) in [5, 5.41) is 6.30. The first-order valence-corrected chi connectivity index (χ1v) is 7.32. The number of benzene rings is 1. The van der Waals surface area contributed by atoms with Gasteiger partial charge in [-0.05, 0) is 38.1 Å². The SMILES string of the molecule is CC(NC(=O)C(C)C1CNC1)c1c(Cl)ccc(F)c1Cl.Cl. The minimum Gasteiger partial charge on any atom is -0.349 e. The van der Waals surface area contributed by atoms with Crippen LogP contribution in [0.5, 0.6) is 0 Å². The summed E-state index contributed by atoms with van der Waals surface area (Å²) in [5.74, 6) is -0.353. The summed E-state index contributed by atoms with van der Waals surface area (Å²) < 4.78 is 13.5. The lowest BCUT2D eigenvalue weighted by atomic mass is 9.88. The molecule has 7 heteroatoms. The van der Waals surface area contributed by atoms with Gasteiger partial charge in [0.1, 0.15) is 5.82 Å². The Kier molecular flexibility index (Phi) is 6.72. The quantitative estimate of drug-likeness (QED) is 0.811. The number of hydrogen-bond donors (Lipinski definition) is 2. The van der Waals surface area contributed by atoms with Gasteiger partial charge in [-0.25, -0.2) is 4.39 Å². The number of halogens is 4. The lowest BCUT2D eigenvalue weighted by Gasteiger charge is -2.32. The largest absolute Gasteiger partial charge is 0.349 e. The number of rotatable bonds is 4. The van der Waals surface area contributed by atoms with Crippen molar-refractivity contribution in [3.63, 3.8) is 0 Å². The van der Waals surface area contributed by atoms with E-state index in [4.69, 9.17) is 23.2 Å². The Labute approximate surface area is 140 Å². The molecule has 1 aromatic carbocycles. The van der Waals surface area contributed by atoms with Crippen LogP contribution in [0.2, 0.25) is 10.0 Å². The van der Waals surface area contributed by atoms with Crippen LogP contribution in [0.25, 0.3) is 0 Å². The summed E-state index contributed by atoms with van der Waals surface area (Å²) in [6.07, 6.45) is 0. The minimum atomic E-state index is -0.539. The third kappa shape index (κ3) is 4.01. The molecule has 1 fully saturated rings. The van der Waals surface area contributed by atoms with Gasteiger partial charge in [-0.15, -0.1) is 12.4 Å². The van der Waals surface area contributed by atoms with Crippen molar-refractivity contribution < 1.29 is 9.18 Å². The van der Waals surface area contributed by atoms with Crippen molar-refractivity contribution in [2.24, 2.45) is 11.8 Å². The number of nitrogens with one attached hydrogen (secondary N) is 2. The molecule has 0 bridgehead atoms. The first-order chi connectivity index (χ1) is 9.41. The van der Waals surface area contributed by atoms with Crippen molar-refractivity contribution in [3.05, 3.63) is 33.6 Å². The van der Waals surface area contributed by atoms with Gasteiger partial charge in [0.25, 0.3) is 0 Å². The molecule has 21 heavy (non-hydrogen) atoms. The van der Waals surface area contributed by atoms with E-state index in [9.17, 15) is 9.18 Å². The average Bonchev–Trinajstić information content (AvgIpc) is 2.32. The van der Waals surface area contributed by atoms with Gasteiger partial charge in [-0.1, -0.05) is 30.1 Å². The van der Waals surface area contributed by atoms with E-state index in [-0.39, 0.29) is 29.3 Å². The van der Waals surface area contributed by atoms with E-state index in [1.54, 1.807) is 6.92 Å². The maximum atomic E-state index is 13.5. The molecule has 1 aromatic rings. The summed E-state index contributed by atoms with van der Waals surface area (Å²) in [6.45, 7) is 5.34. The third-order valence-electron chi connectivity index (χ3n) is 3.80. The Morgan fingerprint density at radius 1 is 1.38 bits per heavy atom. The summed E-state index contributed by atoms with van der Waals surface area (Å²) in [5.41, 5.74) is 0.417. The first kappa shape index (κ1) is 18.5. The number of hydrogen-bond acceptors (Lipinski definition) is 2. The Hall–Kier alpha value is -0.550. The van der Waals surface area contributed by atoms with E-state index in [0.29, 0.717) is 16.5 Å². The summed E-state index contributed by atoms with van der Waals surface area (Å²) in [4.78, 5) is 12.1. The number of carbonyl (C=O) groups excluding carboxylic acids is 1. The Morgan fingerprint density at radius 2 is 2.00 bits per heavy atom. The highest BCUT2D eigenvalue weighted by Gasteiger charge is 2.30. The van der Waals surface area contributed by atoms with Gasteiger partial charge in [-0.3, -0.25) is 4.79 Å². The van der Waals surface area contributed by atoms with Crippen LogP contribution in [0.1, 0.15) is 25.5 Å². The molecule has 1 aliphatic heterocycles. The van der Waals surface area contributed by atoms with Gasteiger partial charge in [-0.2, -0.15) is 0 Å². The fourth-order valence-corrected chi connectivity index (χ4v) is 2.93. The van der Waals surface area contributed by atoms with Crippen LogP contribution in [0, 0.1) is 17.7 Å². The monoisotopic (exact) mass is 354 g/mol. The fraction of sp³-hybridized carbons (Fsp3) is 0.500. The van der Waals surface area contributed by atoms with Gasteiger partial charge < -0.3 is 10.6 Å². The molecule has 0 radical (unpaired) electrons. The molecular weight excluding hydrogens is 338 g/mol. The molecule has 2 N–H and O–H groups in total. The standard InChI is InChI=1S/C14H17Cl2FN2O.ClH/c1-7(9-5-18-6-9)14(20)19-8(2)12-10(15)3-4-11(17)13(12)16;/h3-4,7-9,18H,5-6H2,1-2H3,(H,19,20);1H. The topological polar surface area (TPSA) is 41.1 Å². The van der Waals surface area contributed by atoms with Crippen molar-refractivity contribution in [3.8, 4) is 0 Å². The molecule has 1 aliphatic rings. The van der Waals surface area contributed by atoms with Gasteiger partial charge in [0.05, 0.1) is 11.1 Å². The second-order valence-electron chi connectivity index (χ2n) is 5.19. The Bertz CT molecular complexity index is 523. The van der Waals surface area contributed by atoms with E-state index in [1.807, 2.05) is 6.92 Å². The van der Waals surface area contributed by atoms with E-state index in [1.165, 1.54) is 12.1 Å². The average molecular weight is 356 g/mol. The molecule has 3 nitrogen and oxygen atoms in total. The summed E-state index contributed by atoms with van der Waals surface area (Å²) >= 11 is 12.0. The van der Waals surface area contributed by atoms with Gasteiger partial charge in [0.15, 0.2) is 0 Å². The van der Waals surface area contributed by atoms with E-state index < -0.39 is 11.9 Å². The van der Waals surface area contributed by atoms with E-state index >= 15 is 0 Å². The second kappa shape index (κ2) is 7.63. The molecule has 2 unspecified atom stereocenters. The minimum absolute atomic E-state index is 0. The van der Waals surface area contributed by atoms with Gasteiger partial charge in [0, 0.05) is 16.5 Å². The predicted molar refractivity (Wildman–Crippen MR) is 85.7 cm³/mol. The highest BCUT2D eigenvalue weighted by Crippen LogP contribution is 2.32. The van der Waals surface area contributed by atoms with E-state index in [0.717, 1.165) is 13.1 Å². The molecule has 1 amide bonds. The maximum Gasteiger partial charge on any atom is 0.223 e. The Balaban J connectivity index is 0.00000220. The zero-order chi connectivity index (χ0) is 14.9. The van der Waals surface area contributed by atoms with Crippen LogP contribution in [-0.2, 0) is 4.79 Å². The highest BCUT2D eigenvalue weighted by molar-refractivity contribution is 6.36. The lowest BCUT2D eigenvalue weighted by molar-refractivity contribution is -0.127. The first-order valence-electron chi connectivity index (χ1n) is 6.56. The number of carbonyl (C=O) groups is 1. The van der Waals surface area contributed by atoms with E-state index in [2.05, 4.69) is 10.6 Å². The third-order valence-corrected chi connectivity index (χ3v) is 4.52. The zero-order valence-corrected chi connectivity index (χ0v) is 14.1. The second-order valence-corrected chi connectivity index (χ2v) is 5.98. The van der Waals surface area contributed by atoms with Crippen LogP contribution < -0.4 is 10.6 Å². The molecule has 1 heterocycles. The molecule has 0 aromatic heterocycles. The highest BCUT2D eigenvalue weighted by atomic mass is 35.5. The van der Waals surface area contributed by atoms with Gasteiger partial charge >= 0.3 is 0 Å². The molecule has 118 valence electrons. The van der Waals surface area contributed by atoms with Crippen molar-refractivity contribution in [2.75, 3.05) is 13.1 Å². The fourth-order valence-electron chi connectivity index (χ4n) is 2.24. The van der Waals surface area contributed by atoms with Crippen molar-refractivity contribution in [1.29, 1.82) is 0 Å². The van der Waals surface area contributed by atoms with Crippen molar-refractivity contribution in [1.82, 2.24) is 10.6 Å². The number of amides is 1. The maximum absolute atomic E-state index is 13.5. The van der Waals surface area contributed by atoms with Crippen LogP contribution in [0.3, 0.4) is 0 Å². The smallest absolute Gasteiger partial charge is 0.223 e. The van der Waals surface area contributed by atoms with Gasteiger partial charge in [0.2, 0.25) is 5.91 Å². The lowest BCUT2D eigenvalue weighted by Crippen LogP contribution is -2.49. The van der Waals surface area contributed by atoms with Crippen LogP contribution in [-0.4, -0.2) is 19.0 Å². The Morgan fingerprint density at radius 3 is 2.52 bits per heavy atom. The summed E-state index contributed by atoms with van der Waals surface area (Å²) in [7, 11) is 0. The van der Waals surface area contributed by atoms with Crippen LogP contribution >= 0.6 is 35.6 Å². The zero-order valence-electron chi connectivity index (χ0n) is 11.8. The molecular formula is C14H18Cl3FN2O. The molecule has 0 aliphatic carbocycles. The molecule has 0 saturated carbocycles. The summed E-state index contributed by atoms with van der Waals surface area (Å²) in [6, 6.07) is 2.22. The van der Waals surface area contributed by atoms with Crippen molar-refractivity contribution in [2.45, 2.75) is 19.9 Å². The van der Waals surface area contributed by atoms with Crippen LogP contribution in [0.4, 0.5) is 4.39 Å². The van der Waals surface area contributed by atoms with Crippen LogP contribution in [0.15, 0.2) is 12.1 Å². The predicted octanol–water partition coefficient (Wildman–Crippen LogP) is 3.59. The molecule has 2 atom stereocenters. The molecule has 1 saturated heterocycles. The normalized spacial score (nSPS) is 17.4. The molecule has 2 rings (SSSR count).